The highest BCUT2D eigenvalue weighted by Gasteiger charge is 2.36. The molecule has 1 heterocycles. The van der Waals surface area contributed by atoms with Gasteiger partial charge in [0, 0.05) is 13.1 Å². The van der Waals surface area contributed by atoms with Crippen LogP contribution in [0.5, 0.6) is 0 Å². The fraction of sp³-hybridized carbons (Fsp3) is 1.00. The molecule has 0 radical (unpaired) electrons. The number of sulfonamides is 1. The minimum absolute atomic E-state index is 0.227. The second-order valence-corrected chi connectivity index (χ2v) is 6.86. The Labute approximate surface area is 87.5 Å². The van der Waals surface area contributed by atoms with E-state index in [9.17, 15) is 8.42 Å². The van der Waals surface area contributed by atoms with E-state index in [1.54, 1.807) is 11.2 Å². The minimum Gasteiger partial charge on any atom is -0.212 e. The van der Waals surface area contributed by atoms with Crippen molar-refractivity contribution in [1.29, 1.82) is 0 Å². The molecule has 1 rings (SSSR count). The molecule has 1 aliphatic heterocycles. The van der Waals surface area contributed by atoms with Gasteiger partial charge in [-0.3, -0.25) is 0 Å². The van der Waals surface area contributed by atoms with E-state index in [0.29, 0.717) is 24.3 Å². The van der Waals surface area contributed by atoms with Gasteiger partial charge in [-0.15, -0.1) is 0 Å². The van der Waals surface area contributed by atoms with Crippen molar-refractivity contribution in [1.82, 2.24) is 4.31 Å². The molecule has 0 aromatic carbocycles. The molecule has 1 aliphatic rings. The Balaban J connectivity index is 2.73. The van der Waals surface area contributed by atoms with E-state index in [2.05, 4.69) is 20.8 Å². The first kappa shape index (κ1) is 12.0. The molecule has 0 aliphatic carbocycles. The van der Waals surface area contributed by atoms with Gasteiger partial charge in [-0.25, -0.2) is 12.7 Å². The van der Waals surface area contributed by atoms with Crippen molar-refractivity contribution in [3.05, 3.63) is 0 Å². The van der Waals surface area contributed by atoms with Crippen LogP contribution in [-0.2, 0) is 10.0 Å². The van der Waals surface area contributed by atoms with Crippen LogP contribution < -0.4 is 0 Å². The van der Waals surface area contributed by atoms with Crippen LogP contribution in [0, 0.1) is 17.8 Å². The zero-order valence-corrected chi connectivity index (χ0v) is 10.3. The highest BCUT2D eigenvalue weighted by atomic mass is 32.2. The van der Waals surface area contributed by atoms with Gasteiger partial charge >= 0.3 is 0 Å². The summed E-state index contributed by atoms with van der Waals surface area (Å²) in [6, 6.07) is 0. The van der Waals surface area contributed by atoms with E-state index >= 15 is 0 Å². The maximum atomic E-state index is 11.6. The zero-order valence-electron chi connectivity index (χ0n) is 9.53. The smallest absolute Gasteiger partial charge is 0.212 e. The Morgan fingerprint density at radius 2 is 1.93 bits per heavy atom. The average molecular weight is 219 g/mol. The van der Waals surface area contributed by atoms with E-state index in [0.717, 1.165) is 6.54 Å². The van der Waals surface area contributed by atoms with Crippen LogP contribution in [0.2, 0.25) is 0 Å². The Hall–Kier alpha value is -0.0900. The summed E-state index contributed by atoms with van der Waals surface area (Å²) in [4.78, 5) is 0. The summed E-state index contributed by atoms with van der Waals surface area (Å²) in [6.07, 6.45) is 0. The maximum Gasteiger partial charge on any atom is 0.213 e. The molecule has 4 heteroatoms. The lowest BCUT2D eigenvalue weighted by molar-refractivity contribution is 0.335. The highest BCUT2D eigenvalue weighted by Crippen LogP contribution is 2.30. The predicted octanol–water partition coefficient (Wildman–Crippen LogP) is 1.56. The zero-order chi connectivity index (χ0) is 10.9. The number of nitrogens with zero attached hydrogens (tertiary/aromatic N) is 1. The van der Waals surface area contributed by atoms with Crippen LogP contribution in [0.3, 0.4) is 0 Å². The second kappa shape index (κ2) is 4.19. The molecule has 0 N–H and O–H groups in total. The van der Waals surface area contributed by atoms with E-state index in [4.69, 9.17) is 0 Å². The van der Waals surface area contributed by atoms with Crippen LogP contribution >= 0.6 is 0 Å². The first-order chi connectivity index (χ1) is 6.38. The van der Waals surface area contributed by atoms with Crippen molar-refractivity contribution in [3.63, 3.8) is 0 Å². The molecule has 84 valence electrons. The van der Waals surface area contributed by atoms with Crippen LogP contribution in [0.25, 0.3) is 0 Å². The lowest BCUT2D eigenvalue weighted by Crippen LogP contribution is -2.30. The van der Waals surface area contributed by atoms with Crippen molar-refractivity contribution in [2.75, 3.05) is 18.8 Å². The Bertz CT molecular complexity index is 284. The van der Waals surface area contributed by atoms with Crippen molar-refractivity contribution in [2.45, 2.75) is 27.7 Å². The first-order valence-corrected chi connectivity index (χ1v) is 6.97. The predicted molar refractivity (Wildman–Crippen MR) is 58.5 cm³/mol. The van der Waals surface area contributed by atoms with Crippen LogP contribution in [0.4, 0.5) is 0 Å². The Morgan fingerprint density at radius 1 is 1.36 bits per heavy atom. The molecular formula is C10H21NO2S. The van der Waals surface area contributed by atoms with Gasteiger partial charge in [0.2, 0.25) is 10.0 Å². The number of hydrogen-bond acceptors (Lipinski definition) is 2. The van der Waals surface area contributed by atoms with Crippen molar-refractivity contribution in [2.24, 2.45) is 17.8 Å². The molecular weight excluding hydrogens is 198 g/mol. The molecule has 1 saturated heterocycles. The van der Waals surface area contributed by atoms with E-state index in [1.807, 2.05) is 0 Å². The first-order valence-electron chi connectivity index (χ1n) is 5.36. The van der Waals surface area contributed by atoms with Crippen LogP contribution in [0.1, 0.15) is 27.7 Å². The summed E-state index contributed by atoms with van der Waals surface area (Å²) in [7, 11) is -2.96. The van der Waals surface area contributed by atoms with E-state index < -0.39 is 10.0 Å². The van der Waals surface area contributed by atoms with Gasteiger partial charge in [-0.05, 0) is 24.7 Å². The van der Waals surface area contributed by atoms with Gasteiger partial charge in [-0.2, -0.15) is 0 Å². The number of hydrogen-bond donors (Lipinski definition) is 0. The molecule has 0 saturated carbocycles. The van der Waals surface area contributed by atoms with Gasteiger partial charge in [0.25, 0.3) is 0 Å². The molecule has 2 atom stereocenters. The lowest BCUT2D eigenvalue weighted by atomic mass is 9.88. The summed E-state index contributed by atoms with van der Waals surface area (Å²) >= 11 is 0. The van der Waals surface area contributed by atoms with Crippen LogP contribution in [-0.4, -0.2) is 31.6 Å². The Morgan fingerprint density at radius 3 is 2.29 bits per heavy atom. The summed E-state index contributed by atoms with van der Waals surface area (Å²) in [6.45, 7) is 9.62. The van der Waals surface area contributed by atoms with Gasteiger partial charge in [0.05, 0.1) is 5.75 Å². The number of rotatable bonds is 3. The summed E-state index contributed by atoms with van der Waals surface area (Å²) in [5.41, 5.74) is 0. The second-order valence-electron chi connectivity index (χ2n) is 4.60. The lowest BCUT2D eigenvalue weighted by Gasteiger charge is -2.18. The topological polar surface area (TPSA) is 37.4 Å². The maximum absolute atomic E-state index is 11.6. The van der Waals surface area contributed by atoms with Crippen molar-refractivity contribution >= 4 is 10.0 Å². The fourth-order valence-corrected chi connectivity index (χ4v) is 3.45. The molecule has 0 spiro atoms. The largest absolute Gasteiger partial charge is 0.213 e. The van der Waals surface area contributed by atoms with Crippen LogP contribution in [0.15, 0.2) is 0 Å². The van der Waals surface area contributed by atoms with Crippen molar-refractivity contribution < 1.29 is 8.42 Å². The summed E-state index contributed by atoms with van der Waals surface area (Å²) in [5, 5.41) is 0. The molecule has 2 unspecified atom stereocenters. The molecule has 3 nitrogen and oxygen atoms in total. The fourth-order valence-electron chi connectivity index (χ4n) is 2.22. The SMILES string of the molecule is CCS(=O)(=O)N1CC(C)C(C(C)C)C1. The highest BCUT2D eigenvalue weighted by molar-refractivity contribution is 7.89. The third kappa shape index (κ3) is 2.28. The molecule has 14 heavy (non-hydrogen) atoms. The van der Waals surface area contributed by atoms with E-state index in [1.165, 1.54) is 0 Å². The van der Waals surface area contributed by atoms with Gasteiger partial charge in [0.1, 0.15) is 0 Å². The summed E-state index contributed by atoms with van der Waals surface area (Å²) < 4.78 is 24.9. The van der Waals surface area contributed by atoms with Gasteiger partial charge < -0.3 is 0 Å². The third-order valence-corrected chi connectivity index (χ3v) is 5.07. The minimum atomic E-state index is -2.96. The summed E-state index contributed by atoms with van der Waals surface area (Å²) in [5.74, 6) is 1.82. The molecule has 0 amide bonds. The Kier molecular flexibility index (Phi) is 3.58. The quantitative estimate of drug-likeness (QED) is 0.722. The molecule has 0 aromatic heterocycles. The molecule has 1 fully saturated rings. The third-order valence-electron chi connectivity index (χ3n) is 3.25. The van der Waals surface area contributed by atoms with Gasteiger partial charge in [0.15, 0.2) is 0 Å². The molecule has 0 bridgehead atoms. The van der Waals surface area contributed by atoms with Crippen molar-refractivity contribution in [3.8, 4) is 0 Å². The van der Waals surface area contributed by atoms with E-state index in [-0.39, 0.29) is 5.75 Å². The monoisotopic (exact) mass is 219 g/mol. The average Bonchev–Trinajstić information content (AvgIpc) is 2.48. The normalized spacial score (nSPS) is 30.1. The molecule has 0 aromatic rings. The van der Waals surface area contributed by atoms with Gasteiger partial charge in [-0.1, -0.05) is 20.8 Å². The standard InChI is InChI=1S/C10H21NO2S/c1-5-14(12,13)11-6-9(4)10(7-11)8(2)3/h8-10H,5-7H2,1-4H3.